The summed E-state index contributed by atoms with van der Waals surface area (Å²) in [5.41, 5.74) is 2.49. The Labute approximate surface area is 94.2 Å². The summed E-state index contributed by atoms with van der Waals surface area (Å²) in [7, 11) is 0. The second-order valence-corrected chi connectivity index (χ2v) is 3.96. The molecule has 0 aliphatic heterocycles. The largest absolute Gasteiger partial charge is 0.152 e. The van der Waals surface area contributed by atoms with E-state index in [4.69, 9.17) is 0 Å². The first-order valence-corrected chi connectivity index (χ1v) is 5.82. The van der Waals surface area contributed by atoms with E-state index in [0.717, 1.165) is 0 Å². The van der Waals surface area contributed by atoms with E-state index in [9.17, 15) is 0 Å². The smallest absolute Gasteiger partial charge is 0.00875 e. The number of hydrogen-bond acceptors (Lipinski definition) is 1. The van der Waals surface area contributed by atoms with Crippen LogP contribution in [-0.2, 0) is 0 Å². The Morgan fingerprint density at radius 2 is 1.13 bits per heavy atom. The van der Waals surface area contributed by atoms with E-state index >= 15 is 0 Å². The summed E-state index contributed by atoms with van der Waals surface area (Å²) < 4.78 is 0. The molecule has 0 nitrogen and oxygen atoms in total. The van der Waals surface area contributed by atoms with E-state index in [1.54, 1.807) is 11.3 Å². The van der Waals surface area contributed by atoms with Gasteiger partial charge in [0.2, 0.25) is 0 Å². The van der Waals surface area contributed by atoms with Gasteiger partial charge in [0.25, 0.3) is 0 Å². The average molecular weight is 212 g/mol. The van der Waals surface area contributed by atoms with Gasteiger partial charge in [-0.05, 0) is 28.0 Å². The molecule has 0 fully saturated rings. The van der Waals surface area contributed by atoms with Gasteiger partial charge in [0.15, 0.2) is 0 Å². The maximum absolute atomic E-state index is 2.14. The molecule has 0 saturated carbocycles. The molecule has 2 rings (SSSR count). The van der Waals surface area contributed by atoms with Gasteiger partial charge in [0.1, 0.15) is 0 Å². The molecule has 0 spiro atoms. The molecule has 74 valence electrons. The summed E-state index contributed by atoms with van der Waals surface area (Å²) in [4.78, 5) is 0. The van der Waals surface area contributed by atoms with Crippen LogP contribution in [0, 0.1) is 0 Å². The molecule has 0 amide bonds. The Bertz CT molecular complexity index is 431. The minimum absolute atomic E-state index is 1.24. The number of benzene rings is 1. The van der Waals surface area contributed by atoms with Crippen LogP contribution in [0.25, 0.3) is 11.1 Å². The van der Waals surface area contributed by atoms with Gasteiger partial charge in [-0.1, -0.05) is 54.6 Å². The van der Waals surface area contributed by atoms with E-state index in [1.165, 1.54) is 11.1 Å². The van der Waals surface area contributed by atoms with Crippen LogP contribution in [0.5, 0.6) is 0 Å². The second kappa shape index (κ2) is 5.32. The molecule has 0 atom stereocenters. The van der Waals surface area contributed by atoms with E-state index in [2.05, 4.69) is 53.2 Å². The first-order valence-electron chi connectivity index (χ1n) is 4.88. The van der Waals surface area contributed by atoms with Crippen molar-refractivity contribution in [2.24, 2.45) is 0 Å². The number of rotatable bonds is 1. The summed E-state index contributed by atoms with van der Waals surface area (Å²) in [5, 5.41) is 4.16. The van der Waals surface area contributed by atoms with E-state index in [-0.39, 0.29) is 0 Å². The van der Waals surface area contributed by atoms with Crippen molar-refractivity contribution in [2.75, 3.05) is 0 Å². The Balaban J connectivity index is 2.51. The lowest BCUT2D eigenvalue weighted by molar-refractivity contribution is 1.65. The molecule has 1 heteroatoms. The van der Waals surface area contributed by atoms with Crippen LogP contribution in [0.4, 0.5) is 0 Å². The third kappa shape index (κ3) is 2.93. The van der Waals surface area contributed by atoms with Crippen LogP contribution < -0.4 is 0 Å². The zero-order valence-corrected chi connectivity index (χ0v) is 9.15. The molecular weight excluding hydrogens is 200 g/mol. The SMILES string of the molecule is c1ccc(-c2cccccscc2)cc1. The second-order valence-electron chi connectivity index (χ2n) is 3.14. The van der Waals surface area contributed by atoms with Gasteiger partial charge in [-0.3, -0.25) is 0 Å². The number of hydrogen-bond donors (Lipinski definition) is 0. The third-order valence-corrected chi connectivity index (χ3v) is 2.70. The maximum atomic E-state index is 2.14. The van der Waals surface area contributed by atoms with Gasteiger partial charge >= 0.3 is 0 Å². The molecule has 0 aliphatic carbocycles. The Morgan fingerprint density at radius 3 is 1.87 bits per heavy atom. The fourth-order valence-electron chi connectivity index (χ4n) is 1.35. The molecule has 0 radical (unpaired) electrons. The molecule has 0 N–H and O–H groups in total. The monoisotopic (exact) mass is 212 g/mol. The van der Waals surface area contributed by atoms with Crippen LogP contribution in [0.3, 0.4) is 0 Å². The molecule has 0 unspecified atom stereocenters. The Hall–Kier alpha value is -1.60. The van der Waals surface area contributed by atoms with Crippen LogP contribution in [0.2, 0.25) is 0 Å². The van der Waals surface area contributed by atoms with Crippen LogP contribution in [0.1, 0.15) is 0 Å². The van der Waals surface area contributed by atoms with Gasteiger partial charge in [0.05, 0.1) is 0 Å². The summed E-state index contributed by atoms with van der Waals surface area (Å²) >= 11 is 1.69. The van der Waals surface area contributed by atoms with E-state index in [0.29, 0.717) is 0 Å². The fourth-order valence-corrected chi connectivity index (χ4v) is 1.85. The Kier molecular flexibility index (Phi) is 3.53. The van der Waals surface area contributed by atoms with Crippen molar-refractivity contribution in [1.82, 2.24) is 0 Å². The average Bonchev–Trinajstić information content (AvgIpc) is 2.43. The summed E-state index contributed by atoms with van der Waals surface area (Å²) in [6.07, 6.45) is 0. The van der Waals surface area contributed by atoms with Crippen molar-refractivity contribution < 1.29 is 0 Å². The lowest BCUT2D eigenvalue weighted by Crippen LogP contribution is -1.71. The highest BCUT2D eigenvalue weighted by Gasteiger charge is 1.90. The predicted molar refractivity (Wildman–Crippen MR) is 67.4 cm³/mol. The van der Waals surface area contributed by atoms with Crippen molar-refractivity contribution >= 4 is 11.3 Å². The highest BCUT2D eigenvalue weighted by Crippen LogP contribution is 2.16. The maximum Gasteiger partial charge on any atom is -0.00875 e. The molecule has 1 aromatic carbocycles. The first-order chi connectivity index (χ1) is 7.47. The van der Waals surface area contributed by atoms with Crippen LogP contribution in [-0.4, -0.2) is 0 Å². The Morgan fingerprint density at radius 1 is 0.533 bits per heavy atom. The fraction of sp³-hybridized carbons (Fsp3) is 0. The lowest BCUT2D eigenvalue weighted by atomic mass is 10.1. The van der Waals surface area contributed by atoms with Gasteiger partial charge in [-0.25, -0.2) is 0 Å². The van der Waals surface area contributed by atoms with Crippen molar-refractivity contribution in [3.05, 3.63) is 71.4 Å². The quantitative estimate of drug-likeness (QED) is 0.651. The van der Waals surface area contributed by atoms with Crippen molar-refractivity contribution in [3.8, 4) is 11.1 Å². The standard InChI is InChI=1S/C14H12S/c1-3-7-13(8-4-1)14-9-5-2-6-11-15-12-10-14/h1-12H. The zero-order chi connectivity index (χ0) is 10.3. The van der Waals surface area contributed by atoms with Crippen molar-refractivity contribution in [1.29, 1.82) is 0 Å². The molecule has 2 aromatic rings. The van der Waals surface area contributed by atoms with Gasteiger partial charge < -0.3 is 0 Å². The normalized spacial score (nSPS) is 9.33. The first kappa shape index (κ1) is 9.94. The highest BCUT2D eigenvalue weighted by molar-refractivity contribution is 7.07. The summed E-state index contributed by atoms with van der Waals surface area (Å²) in [6, 6.07) is 20.8. The van der Waals surface area contributed by atoms with Gasteiger partial charge in [-0.2, -0.15) is 11.3 Å². The van der Waals surface area contributed by atoms with E-state index in [1.807, 2.05) is 18.2 Å². The van der Waals surface area contributed by atoms with E-state index < -0.39 is 0 Å². The minimum Gasteiger partial charge on any atom is -0.152 e. The highest BCUT2D eigenvalue weighted by atomic mass is 32.1. The molecular formula is C14H12S. The molecule has 1 heterocycles. The van der Waals surface area contributed by atoms with Crippen LogP contribution in [0.15, 0.2) is 71.4 Å². The lowest BCUT2D eigenvalue weighted by Gasteiger charge is -1.96. The van der Waals surface area contributed by atoms with Gasteiger partial charge in [0, 0.05) is 0 Å². The van der Waals surface area contributed by atoms with Gasteiger partial charge in [-0.15, -0.1) is 0 Å². The molecule has 0 aliphatic rings. The van der Waals surface area contributed by atoms with Crippen LogP contribution >= 0.6 is 11.3 Å². The minimum atomic E-state index is 1.24. The zero-order valence-electron chi connectivity index (χ0n) is 8.34. The molecule has 0 bridgehead atoms. The molecule has 1 aromatic heterocycles. The predicted octanol–water partition coefficient (Wildman–Crippen LogP) is 4.54. The van der Waals surface area contributed by atoms with Crippen molar-refractivity contribution in [3.63, 3.8) is 0 Å². The third-order valence-electron chi connectivity index (χ3n) is 2.09. The molecule has 15 heavy (non-hydrogen) atoms. The summed E-state index contributed by atoms with van der Waals surface area (Å²) in [5.74, 6) is 0. The molecule has 0 saturated heterocycles. The summed E-state index contributed by atoms with van der Waals surface area (Å²) in [6.45, 7) is 0. The van der Waals surface area contributed by atoms with Crippen molar-refractivity contribution in [2.45, 2.75) is 0 Å². The topological polar surface area (TPSA) is 0 Å².